The molecule has 0 aliphatic heterocycles. The number of rotatable bonds is 10. The molecule has 1 aromatic heterocycles. The summed E-state index contributed by atoms with van der Waals surface area (Å²) in [7, 11) is 3.68. The first kappa shape index (κ1) is 15.1. The molecule has 104 valence electrons. The van der Waals surface area contributed by atoms with Gasteiger partial charge in [0, 0.05) is 32.5 Å². The molecule has 0 amide bonds. The number of hydrogen-bond acceptors (Lipinski definition) is 4. The average molecular weight is 255 g/mol. The van der Waals surface area contributed by atoms with Gasteiger partial charge in [0.2, 0.25) is 0 Å². The summed E-state index contributed by atoms with van der Waals surface area (Å²) >= 11 is 0. The third kappa shape index (κ3) is 5.62. The number of methoxy groups -OCH3 is 1. The van der Waals surface area contributed by atoms with Crippen LogP contribution in [0.4, 0.5) is 0 Å². The van der Waals surface area contributed by atoms with Gasteiger partial charge < -0.3 is 14.8 Å². The Morgan fingerprint density at radius 3 is 2.83 bits per heavy atom. The molecule has 0 aliphatic carbocycles. The summed E-state index contributed by atoms with van der Waals surface area (Å²) in [6, 6.07) is 0.432. The molecular weight excluding hydrogens is 230 g/mol. The maximum atomic E-state index is 5.48. The number of ether oxygens (including phenoxy) is 2. The summed E-state index contributed by atoms with van der Waals surface area (Å²) in [6.07, 6.45) is 6.04. The third-order valence-electron chi connectivity index (χ3n) is 2.94. The smallest absolute Gasteiger partial charge is 0.0700 e. The quantitative estimate of drug-likeness (QED) is 0.636. The predicted molar refractivity (Wildman–Crippen MR) is 71.8 cm³/mol. The van der Waals surface area contributed by atoms with Crippen LogP contribution in [0.2, 0.25) is 0 Å². The van der Waals surface area contributed by atoms with Gasteiger partial charge in [-0.05, 0) is 32.4 Å². The molecule has 5 heteroatoms. The standard InChI is InChI=1S/C13H25N3O2/c1-4-16-11-12(10-15-16)9-13(14-2)5-6-18-8-7-17-3/h10-11,13-14H,4-9H2,1-3H3. The van der Waals surface area contributed by atoms with Crippen LogP contribution in [0, 0.1) is 0 Å². The molecule has 0 aromatic carbocycles. The van der Waals surface area contributed by atoms with E-state index in [2.05, 4.69) is 23.5 Å². The number of aromatic nitrogens is 2. The van der Waals surface area contributed by atoms with Gasteiger partial charge in [-0.1, -0.05) is 0 Å². The molecule has 0 spiro atoms. The largest absolute Gasteiger partial charge is 0.382 e. The molecule has 0 radical (unpaired) electrons. The van der Waals surface area contributed by atoms with Gasteiger partial charge >= 0.3 is 0 Å². The highest BCUT2D eigenvalue weighted by Crippen LogP contribution is 2.05. The van der Waals surface area contributed by atoms with E-state index in [0.29, 0.717) is 19.3 Å². The van der Waals surface area contributed by atoms with Gasteiger partial charge in [-0.3, -0.25) is 4.68 Å². The van der Waals surface area contributed by atoms with Crippen molar-refractivity contribution in [2.75, 3.05) is 34.0 Å². The Bertz CT molecular complexity index is 315. The zero-order valence-electron chi connectivity index (χ0n) is 11.7. The Labute approximate surface area is 109 Å². The van der Waals surface area contributed by atoms with E-state index in [1.54, 1.807) is 7.11 Å². The Balaban J connectivity index is 2.24. The van der Waals surface area contributed by atoms with Gasteiger partial charge in [-0.25, -0.2) is 0 Å². The topological polar surface area (TPSA) is 48.3 Å². The molecule has 0 saturated heterocycles. The van der Waals surface area contributed by atoms with E-state index < -0.39 is 0 Å². The van der Waals surface area contributed by atoms with Crippen molar-refractivity contribution in [1.82, 2.24) is 15.1 Å². The summed E-state index contributed by atoms with van der Waals surface area (Å²) in [6.45, 7) is 5.10. The lowest BCUT2D eigenvalue weighted by molar-refractivity contribution is 0.0661. The van der Waals surface area contributed by atoms with Crippen molar-refractivity contribution < 1.29 is 9.47 Å². The first-order chi connectivity index (χ1) is 8.80. The Morgan fingerprint density at radius 2 is 2.22 bits per heavy atom. The number of nitrogens with one attached hydrogen (secondary N) is 1. The van der Waals surface area contributed by atoms with E-state index in [1.807, 2.05) is 17.9 Å². The summed E-state index contributed by atoms with van der Waals surface area (Å²) in [5.41, 5.74) is 1.27. The Hall–Kier alpha value is -0.910. The monoisotopic (exact) mass is 255 g/mol. The van der Waals surface area contributed by atoms with Crippen LogP contribution in [0.3, 0.4) is 0 Å². The van der Waals surface area contributed by atoms with Crippen molar-refractivity contribution in [1.29, 1.82) is 0 Å². The van der Waals surface area contributed by atoms with Crippen LogP contribution in [0.1, 0.15) is 18.9 Å². The number of aryl methyl sites for hydroxylation is 1. The second-order valence-electron chi connectivity index (χ2n) is 4.29. The maximum Gasteiger partial charge on any atom is 0.0700 e. The normalized spacial score (nSPS) is 12.8. The van der Waals surface area contributed by atoms with Gasteiger partial charge in [-0.2, -0.15) is 5.10 Å². The minimum atomic E-state index is 0.432. The molecule has 1 unspecified atom stereocenters. The van der Waals surface area contributed by atoms with Crippen LogP contribution in [-0.4, -0.2) is 49.8 Å². The first-order valence-electron chi connectivity index (χ1n) is 6.55. The van der Waals surface area contributed by atoms with Crippen LogP contribution in [0.15, 0.2) is 12.4 Å². The highest BCUT2D eigenvalue weighted by molar-refractivity contribution is 5.06. The molecule has 0 bridgehead atoms. The lowest BCUT2D eigenvalue weighted by Gasteiger charge is -2.15. The van der Waals surface area contributed by atoms with Crippen LogP contribution >= 0.6 is 0 Å². The van der Waals surface area contributed by atoms with Crippen molar-refractivity contribution >= 4 is 0 Å². The average Bonchev–Trinajstić information content (AvgIpc) is 2.84. The molecule has 1 heterocycles. The van der Waals surface area contributed by atoms with Crippen molar-refractivity contribution in [3.05, 3.63) is 18.0 Å². The van der Waals surface area contributed by atoms with Crippen LogP contribution in [0.5, 0.6) is 0 Å². The van der Waals surface area contributed by atoms with Crippen molar-refractivity contribution in [2.45, 2.75) is 32.4 Å². The Morgan fingerprint density at radius 1 is 1.39 bits per heavy atom. The van der Waals surface area contributed by atoms with Crippen molar-refractivity contribution in [3.63, 3.8) is 0 Å². The summed E-state index contributed by atoms with van der Waals surface area (Å²) < 4.78 is 12.4. The number of nitrogens with zero attached hydrogens (tertiary/aromatic N) is 2. The molecule has 0 fully saturated rings. The second-order valence-corrected chi connectivity index (χ2v) is 4.29. The number of hydrogen-bond donors (Lipinski definition) is 1. The zero-order valence-corrected chi connectivity index (χ0v) is 11.7. The highest BCUT2D eigenvalue weighted by Gasteiger charge is 2.08. The van der Waals surface area contributed by atoms with Gasteiger partial charge in [0.05, 0.1) is 19.4 Å². The molecule has 0 aliphatic rings. The van der Waals surface area contributed by atoms with E-state index in [-0.39, 0.29) is 0 Å². The van der Waals surface area contributed by atoms with Gasteiger partial charge in [-0.15, -0.1) is 0 Å². The van der Waals surface area contributed by atoms with Gasteiger partial charge in [0.15, 0.2) is 0 Å². The van der Waals surface area contributed by atoms with Gasteiger partial charge in [0.25, 0.3) is 0 Å². The van der Waals surface area contributed by atoms with Gasteiger partial charge in [0.1, 0.15) is 0 Å². The summed E-state index contributed by atoms with van der Waals surface area (Å²) in [5, 5.41) is 7.60. The van der Waals surface area contributed by atoms with Crippen LogP contribution in [0.25, 0.3) is 0 Å². The van der Waals surface area contributed by atoms with Crippen molar-refractivity contribution in [2.24, 2.45) is 0 Å². The van der Waals surface area contributed by atoms with E-state index in [0.717, 1.165) is 26.0 Å². The molecule has 5 nitrogen and oxygen atoms in total. The minimum absolute atomic E-state index is 0.432. The molecular formula is C13H25N3O2. The molecule has 1 rings (SSSR count). The molecule has 1 atom stereocenters. The molecule has 18 heavy (non-hydrogen) atoms. The van der Waals surface area contributed by atoms with Crippen LogP contribution in [-0.2, 0) is 22.4 Å². The lowest BCUT2D eigenvalue weighted by Crippen LogP contribution is -2.29. The molecule has 1 N–H and O–H groups in total. The van der Waals surface area contributed by atoms with E-state index in [4.69, 9.17) is 9.47 Å². The molecule has 1 aromatic rings. The minimum Gasteiger partial charge on any atom is -0.382 e. The first-order valence-corrected chi connectivity index (χ1v) is 6.55. The van der Waals surface area contributed by atoms with Crippen LogP contribution < -0.4 is 5.32 Å². The van der Waals surface area contributed by atoms with Crippen molar-refractivity contribution in [3.8, 4) is 0 Å². The number of likely N-dealkylation sites (N-methyl/N-ethyl adjacent to an activating group) is 1. The summed E-state index contributed by atoms with van der Waals surface area (Å²) in [4.78, 5) is 0. The Kier molecular flexibility index (Phi) is 7.64. The fraction of sp³-hybridized carbons (Fsp3) is 0.769. The fourth-order valence-corrected chi connectivity index (χ4v) is 1.79. The zero-order chi connectivity index (χ0) is 13.2. The second kappa shape index (κ2) is 9.08. The SMILES string of the molecule is CCn1cc(CC(CCOCCOC)NC)cn1. The third-order valence-corrected chi connectivity index (χ3v) is 2.94. The van der Waals surface area contributed by atoms with E-state index in [9.17, 15) is 0 Å². The maximum absolute atomic E-state index is 5.48. The summed E-state index contributed by atoms with van der Waals surface area (Å²) in [5.74, 6) is 0. The van der Waals surface area contributed by atoms with E-state index in [1.165, 1.54) is 5.56 Å². The highest BCUT2D eigenvalue weighted by atomic mass is 16.5. The lowest BCUT2D eigenvalue weighted by atomic mass is 10.1. The molecule has 0 saturated carbocycles. The fourth-order valence-electron chi connectivity index (χ4n) is 1.79. The van der Waals surface area contributed by atoms with E-state index >= 15 is 0 Å². The predicted octanol–water partition coefficient (Wildman–Crippen LogP) is 1.09.